The van der Waals surface area contributed by atoms with Crippen LogP contribution in [0.5, 0.6) is 0 Å². The highest BCUT2D eigenvalue weighted by atomic mass is 19.2. The molecule has 106 valence electrons. The van der Waals surface area contributed by atoms with Crippen LogP contribution in [0.1, 0.15) is 17.2 Å². The third-order valence-corrected chi connectivity index (χ3v) is 2.91. The van der Waals surface area contributed by atoms with Gasteiger partial charge >= 0.3 is 0 Å². The van der Waals surface area contributed by atoms with Gasteiger partial charge in [0.1, 0.15) is 0 Å². The summed E-state index contributed by atoms with van der Waals surface area (Å²) < 4.78 is 66.2. The average molecular weight is 287 g/mol. The summed E-state index contributed by atoms with van der Waals surface area (Å²) >= 11 is 0. The van der Waals surface area contributed by atoms with Crippen LogP contribution < -0.4 is 5.73 Å². The number of rotatable bonds is 3. The van der Waals surface area contributed by atoms with E-state index >= 15 is 0 Å². The van der Waals surface area contributed by atoms with Gasteiger partial charge in [-0.05, 0) is 12.0 Å². The summed E-state index contributed by atoms with van der Waals surface area (Å²) in [5.74, 6) is -9.92. The molecule has 0 aliphatic rings. The van der Waals surface area contributed by atoms with Gasteiger partial charge in [-0.2, -0.15) is 0 Å². The van der Waals surface area contributed by atoms with Crippen LogP contribution in [0.2, 0.25) is 0 Å². The molecule has 0 heterocycles. The van der Waals surface area contributed by atoms with Crippen molar-refractivity contribution in [3.63, 3.8) is 0 Å². The van der Waals surface area contributed by atoms with Crippen molar-refractivity contribution in [2.24, 2.45) is 5.73 Å². The number of halogens is 5. The SMILES string of the molecule is NC(Cc1ccccc1)c1c(F)c(F)c(F)c(F)c1F. The quantitative estimate of drug-likeness (QED) is 0.521. The van der Waals surface area contributed by atoms with E-state index in [1.807, 2.05) is 0 Å². The second-order valence-electron chi connectivity index (χ2n) is 4.28. The third kappa shape index (κ3) is 2.51. The lowest BCUT2D eigenvalue weighted by Gasteiger charge is -2.15. The fourth-order valence-electron chi connectivity index (χ4n) is 1.92. The first kappa shape index (κ1) is 14.5. The molecule has 6 heteroatoms. The highest BCUT2D eigenvalue weighted by molar-refractivity contribution is 5.29. The van der Waals surface area contributed by atoms with Crippen molar-refractivity contribution in [3.8, 4) is 0 Å². The second-order valence-corrected chi connectivity index (χ2v) is 4.28. The Hall–Kier alpha value is -1.95. The molecule has 0 bridgehead atoms. The van der Waals surface area contributed by atoms with Crippen molar-refractivity contribution in [2.75, 3.05) is 0 Å². The van der Waals surface area contributed by atoms with Gasteiger partial charge in [-0.25, -0.2) is 22.0 Å². The Morgan fingerprint density at radius 3 is 1.70 bits per heavy atom. The van der Waals surface area contributed by atoms with Crippen molar-refractivity contribution in [3.05, 3.63) is 70.5 Å². The topological polar surface area (TPSA) is 26.0 Å². The summed E-state index contributed by atoms with van der Waals surface area (Å²) in [6, 6.07) is 7.05. The Labute approximate surface area is 111 Å². The normalized spacial score (nSPS) is 12.5. The molecule has 1 nitrogen and oxygen atoms in total. The van der Waals surface area contributed by atoms with E-state index in [1.165, 1.54) is 0 Å². The summed E-state index contributed by atoms with van der Waals surface area (Å²) in [5, 5.41) is 0. The van der Waals surface area contributed by atoms with Crippen molar-refractivity contribution < 1.29 is 22.0 Å². The van der Waals surface area contributed by atoms with Crippen molar-refractivity contribution in [2.45, 2.75) is 12.5 Å². The second kappa shape index (κ2) is 5.58. The van der Waals surface area contributed by atoms with E-state index in [4.69, 9.17) is 5.73 Å². The van der Waals surface area contributed by atoms with Crippen LogP contribution in [0.3, 0.4) is 0 Å². The maximum atomic E-state index is 13.6. The molecule has 0 amide bonds. The van der Waals surface area contributed by atoms with Crippen molar-refractivity contribution in [1.29, 1.82) is 0 Å². The molecule has 2 aromatic carbocycles. The van der Waals surface area contributed by atoms with Crippen molar-refractivity contribution >= 4 is 0 Å². The van der Waals surface area contributed by atoms with E-state index in [2.05, 4.69) is 0 Å². The Balaban J connectivity index is 2.42. The Morgan fingerprint density at radius 1 is 0.750 bits per heavy atom. The van der Waals surface area contributed by atoms with Crippen LogP contribution in [0, 0.1) is 29.1 Å². The molecule has 1 atom stereocenters. The van der Waals surface area contributed by atoms with Gasteiger partial charge in [-0.1, -0.05) is 30.3 Å². The maximum absolute atomic E-state index is 13.6. The summed E-state index contributed by atoms with van der Waals surface area (Å²) in [6.07, 6.45) is -0.0425. The van der Waals surface area contributed by atoms with Crippen LogP contribution >= 0.6 is 0 Å². The zero-order chi connectivity index (χ0) is 14.9. The number of hydrogen-bond acceptors (Lipinski definition) is 1. The van der Waals surface area contributed by atoms with Gasteiger partial charge in [0.2, 0.25) is 5.82 Å². The van der Waals surface area contributed by atoms with Gasteiger partial charge < -0.3 is 5.73 Å². The minimum Gasteiger partial charge on any atom is -0.323 e. The Kier molecular flexibility index (Phi) is 4.04. The average Bonchev–Trinajstić information content (AvgIpc) is 2.44. The van der Waals surface area contributed by atoms with Crippen LogP contribution in [0.25, 0.3) is 0 Å². The number of nitrogens with two attached hydrogens (primary N) is 1. The highest BCUT2D eigenvalue weighted by Gasteiger charge is 2.28. The minimum absolute atomic E-state index is 0.0425. The van der Waals surface area contributed by atoms with Crippen LogP contribution in [-0.2, 0) is 6.42 Å². The van der Waals surface area contributed by atoms with Crippen LogP contribution in [0.15, 0.2) is 30.3 Å². The standard InChI is InChI=1S/C14H10F5N/c15-10-9(11(16)13(18)14(19)12(10)17)8(20)6-7-4-2-1-3-5-7/h1-5,8H,6,20H2. The lowest BCUT2D eigenvalue weighted by Crippen LogP contribution is -2.20. The zero-order valence-electron chi connectivity index (χ0n) is 10.1. The molecule has 1 unspecified atom stereocenters. The van der Waals surface area contributed by atoms with E-state index in [-0.39, 0.29) is 6.42 Å². The molecule has 2 N–H and O–H groups in total. The Bertz CT molecular complexity index is 598. The van der Waals surface area contributed by atoms with Crippen LogP contribution in [0.4, 0.5) is 22.0 Å². The van der Waals surface area contributed by atoms with Gasteiger partial charge in [0.05, 0.1) is 0 Å². The van der Waals surface area contributed by atoms with Crippen molar-refractivity contribution in [1.82, 2.24) is 0 Å². The molecule has 2 aromatic rings. The molecule has 0 spiro atoms. The van der Waals surface area contributed by atoms with Gasteiger partial charge in [0.15, 0.2) is 23.3 Å². The molecule has 0 aliphatic carbocycles. The van der Waals surface area contributed by atoms with E-state index < -0.39 is 40.7 Å². The molecular formula is C14H10F5N. The highest BCUT2D eigenvalue weighted by Crippen LogP contribution is 2.28. The molecule has 0 fully saturated rings. The van der Waals surface area contributed by atoms with Crippen LogP contribution in [-0.4, -0.2) is 0 Å². The van der Waals surface area contributed by atoms with E-state index in [0.29, 0.717) is 5.56 Å². The summed E-state index contributed by atoms with van der Waals surface area (Å²) in [7, 11) is 0. The first-order valence-electron chi connectivity index (χ1n) is 5.74. The fraction of sp³-hybridized carbons (Fsp3) is 0.143. The largest absolute Gasteiger partial charge is 0.323 e. The number of hydrogen-bond donors (Lipinski definition) is 1. The monoisotopic (exact) mass is 287 g/mol. The molecule has 0 aliphatic heterocycles. The maximum Gasteiger partial charge on any atom is 0.200 e. The predicted molar refractivity (Wildman–Crippen MR) is 63.3 cm³/mol. The summed E-state index contributed by atoms with van der Waals surface area (Å²) in [4.78, 5) is 0. The zero-order valence-corrected chi connectivity index (χ0v) is 10.1. The molecule has 0 radical (unpaired) electrons. The summed E-state index contributed by atoms with van der Waals surface area (Å²) in [5.41, 5.74) is 5.21. The smallest absolute Gasteiger partial charge is 0.200 e. The van der Waals surface area contributed by atoms with E-state index in [9.17, 15) is 22.0 Å². The lowest BCUT2D eigenvalue weighted by molar-refractivity contribution is 0.363. The minimum atomic E-state index is -2.18. The van der Waals surface area contributed by atoms with Gasteiger partial charge in [-0.3, -0.25) is 0 Å². The van der Waals surface area contributed by atoms with Gasteiger partial charge in [-0.15, -0.1) is 0 Å². The van der Waals surface area contributed by atoms with E-state index in [0.717, 1.165) is 0 Å². The first-order chi connectivity index (χ1) is 9.43. The molecule has 0 saturated carbocycles. The van der Waals surface area contributed by atoms with Gasteiger partial charge in [0, 0.05) is 11.6 Å². The first-order valence-corrected chi connectivity index (χ1v) is 5.74. The number of benzene rings is 2. The Morgan fingerprint density at radius 2 is 1.20 bits per heavy atom. The molecule has 0 aromatic heterocycles. The molecule has 20 heavy (non-hydrogen) atoms. The fourth-order valence-corrected chi connectivity index (χ4v) is 1.92. The van der Waals surface area contributed by atoms with Gasteiger partial charge in [0.25, 0.3) is 0 Å². The molecule has 2 rings (SSSR count). The lowest BCUT2D eigenvalue weighted by atomic mass is 9.98. The predicted octanol–water partition coefficient (Wildman–Crippen LogP) is 3.62. The molecule has 0 saturated heterocycles. The van der Waals surface area contributed by atoms with E-state index in [1.54, 1.807) is 30.3 Å². The molecular weight excluding hydrogens is 277 g/mol. The summed E-state index contributed by atoms with van der Waals surface area (Å²) in [6.45, 7) is 0. The third-order valence-electron chi connectivity index (χ3n) is 2.91.